The van der Waals surface area contributed by atoms with Gasteiger partial charge in [0.05, 0.1) is 11.2 Å². The van der Waals surface area contributed by atoms with Crippen LogP contribution in [0.25, 0.3) is 11.0 Å². The number of nitrogens with zero attached hydrogens (tertiary/aromatic N) is 2. The molecule has 0 saturated carbocycles. The van der Waals surface area contributed by atoms with E-state index in [9.17, 15) is 4.79 Å². The third-order valence-corrected chi connectivity index (χ3v) is 5.26. The molecule has 4 nitrogen and oxygen atoms in total. The van der Waals surface area contributed by atoms with Crippen molar-refractivity contribution in [2.45, 2.75) is 33.7 Å². The highest BCUT2D eigenvalue weighted by molar-refractivity contribution is 7.09. The maximum absolute atomic E-state index is 11.9. The van der Waals surface area contributed by atoms with Crippen LogP contribution in [0.1, 0.15) is 27.3 Å². The molecule has 3 rings (SSSR count). The molecule has 0 saturated heterocycles. The molecule has 0 N–H and O–H groups in total. The summed E-state index contributed by atoms with van der Waals surface area (Å²) in [4.78, 5) is 19.8. The number of aryl methyl sites for hydroxylation is 3. The van der Waals surface area contributed by atoms with Crippen LogP contribution < -0.4 is 5.63 Å². The van der Waals surface area contributed by atoms with E-state index in [4.69, 9.17) is 4.42 Å². The van der Waals surface area contributed by atoms with E-state index in [1.165, 1.54) is 10.4 Å². The number of aromatic nitrogens is 1. The van der Waals surface area contributed by atoms with Crippen molar-refractivity contribution in [3.05, 3.63) is 61.4 Å². The summed E-state index contributed by atoms with van der Waals surface area (Å²) >= 11 is 1.70. The number of hydrogen-bond acceptors (Lipinski definition) is 5. The third-order valence-electron chi connectivity index (χ3n) is 4.27. The van der Waals surface area contributed by atoms with Crippen LogP contribution in [0, 0.1) is 20.8 Å². The first-order valence-electron chi connectivity index (χ1n) is 8.05. The second kappa shape index (κ2) is 6.87. The summed E-state index contributed by atoms with van der Waals surface area (Å²) in [6.07, 6.45) is 0.977. The Balaban J connectivity index is 1.84. The lowest BCUT2D eigenvalue weighted by Gasteiger charge is -2.17. The van der Waals surface area contributed by atoms with E-state index >= 15 is 0 Å². The second-order valence-electron chi connectivity index (χ2n) is 6.40. The molecule has 0 aliphatic heterocycles. The largest absolute Gasteiger partial charge is 0.422 e. The number of rotatable bonds is 5. The Labute approximate surface area is 145 Å². The smallest absolute Gasteiger partial charge is 0.336 e. The summed E-state index contributed by atoms with van der Waals surface area (Å²) in [5.74, 6) is 0. The summed E-state index contributed by atoms with van der Waals surface area (Å²) in [5.41, 5.74) is 6.64. The number of fused-ring (bicyclic) bond motifs is 1. The lowest BCUT2D eigenvalue weighted by atomic mass is 10.0. The van der Waals surface area contributed by atoms with Crippen LogP contribution in [0.15, 0.2) is 32.9 Å². The van der Waals surface area contributed by atoms with Crippen molar-refractivity contribution in [1.29, 1.82) is 0 Å². The van der Waals surface area contributed by atoms with E-state index in [0.717, 1.165) is 41.7 Å². The molecule has 3 aromatic rings. The minimum atomic E-state index is -0.281. The van der Waals surface area contributed by atoms with Crippen molar-refractivity contribution < 1.29 is 4.42 Å². The molecule has 1 aromatic carbocycles. The van der Waals surface area contributed by atoms with Crippen LogP contribution in [0.2, 0.25) is 0 Å². The maximum Gasteiger partial charge on any atom is 0.336 e. The van der Waals surface area contributed by atoms with Crippen molar-refractivity contribution in [1.82, 2.24) is 9.88 Å². The van der Waals surface area contributed by atoms with Gasteiger partial charge in [0.1, 0.15) is 5.58 Å². The third kappa shape index (κ3) is 3.57. The van der Waals surface area contributed by atoms with Gasteiger partial charge in [0.2, 0.25) is 0 Å². The van der Waals surface area contributed by atoms with Gasteiger partial charge in [-0.3, -0.25) is 0 Å². The number of hydrogen-bond donors (Lipinski definition) is 0. The van der Waals surface area contributed by atoms with Gasteiger partial charge in [-0.15, -0.1) is 11.3 Å². The Morgan fingerprint density at radius 1 is 1.21 bits per heavy atom. The van der Waals surface area contributed by atoms with Gasteiger partial charge < -0.3 is 9.32 Å². The Hall–Kier alpha value is -1.98. The number of likely N-dealkylation sites (N-methyl/N-ethyl adjacent to an activating group) is 1. The monoisotopic (exact) mass is 342 g/mol. The lowest BCUT2D eigenvalue weighted by Crippen LogP contribution is -2.21. The van der Waals surface area contributed by atoms with E-state index in [2.05, 4.69) is 29.9 Å². The van der Waals surface area contributed by atoms with Crippen molar-refractivity contribution in [2.75, 3.05) is 13.6 Å². The molecule has 0 radical (unpaired) electrons. The highest BCUT2D eigenvalue weighted by Crippen LogP contribution is 2.23. The predicted octanol–water partition coefficient (Wildman–Crippen LogP) is 3.85. The molecule has 2 heterocycles. The fourth-order valence-corrected chi connectivity index (χ4v) is 3.81. The molecule has 0 atom stereocenters. The van der Waals surface area contributed by atoms with Crippen molar-refractivity contribution in [2.24, 2.45) is 0 Å². The lowest BCUT2D eigenvalue weighted by molar-refractivity contribution is 0.332. The summed E-state index contributed by atoms with van der Waals surface area (Å²) in [7, 11) is 2.08. The molecule has 2 aromatic heterocycles. The fraction of sp³-hybridized carbons (Fsp3) is 0.368. The standard InChI is InChI=1S/C19H22N2O2S/c1-12-7-13(2)19-16(8-12)15(9-18(22)23-19)10-21(4)6-5-17-14(3)20-11-24-17/h7-9,11H,5-6,10H2,1-4H3. The predicted molar refractivity (Wildman–Crippen MR) is 98.8 cm³/mol. The summed E-state index contributed by atoms with van der Waals surface area (Å²) in [6, 6.07) is 5.77. The Bertz CT molecular complexity index is 927. The zero-order valence-electron chi connectivity index (χ0n) is 14.5. The summed E-state index contributed by atoms with van der Waals surface area (Å²) in [5, 5.41) is 1.04. The molecular weight excluding hydrogens is 320 g/mol. The topological polar surface area (TPSA) is 46.3 Å². The average Bonchev–Trinajstić information content (AvgIpc) is 2.92. The van der Waals surface area contributed by atoms with Gasteiger partial charge >= 0.3 is 5.63 Å². The molecule has 0 aliphatic rings. The Morgan fingerprint density at radius 3 is 2.71 bits per heavy atom. The Kier molecular flexibility index (Phi) is 4.83. The number of thiazole rings is 1. The van der Waals surface area contributed by atoms with Crippen LogP contribution in [0.4, 0.5) is 0 Å². The molecule has 5 heteroatoms. The van der Waals surface area contributed by atoms with Crippen molar-refractivity contribution in [3.8, 4) is 0 Å². The normalized spacial score (nSPS) is 11.5. The zero-order valence-corrected chi connectivity index (χ0v) is 15.4. The summed E-state index contributed by atoms with van der Waals surface area (Å²) < 4.78 is 5.42. The van der Waals surface area contributed by atoms with Crippen molar-refractivity contribution >= 4 is 22.3 Å². The van der Waals surface area contributed by atoms with Crippen LogP contribution in [0.5, 0.6) is 0 Å². The van der Waals surface area contributed by atoms with Crippen LogP contribution in [-0.4, -0.2) is 23.5 Å². The molecule has 0 bridgehead atoms. The molecule has 0 unspecified atom stereocenters. The fourth-order valence-electron chi connectivity index (χ4n) is 3.04. The minimum Gasteiger partial charge on any atom is -0.422 e. The van der Waals surface area contributed by atoms with E-state index in [-0.39, 0.29) is 5.63 Å². The van der Waals surface area contributed by atoms with Gasteiger partial charge in [-0.2, -0.15) is 0 Å². The highest BCUT2D eigenvalue weighted by atomic mass is 32.1. The molecular formula is C19H22N2O2S. The van der Waals surface area contributed by atoms with Gasteiger partial charge in [0.25, 0.3) is 0 Å². The van der Waals surface area contributed by atoms with Gasteiger partial charge in [-0.05, 0) is 57.0 Å². The summed E-state index contributed by atoms with van der Waals surface area (Å²) in [6.45, 7) is 7.75. The number of benzene rings is 1. The van der Waals surface area contributed by atoms with Crippen LogP contribution in [-0.2, 0) is 13.0 Å². The van der Waals surface area contributed by atoms with E-state index in [1.807, 2.05) is 25.4 Å². The average molecular weight is 342 g/mol. The molecule has 0 amide bonds. The van der Waals surface area contributed by atoms with E-state index in [0.29, 0.717) is 5.58 Å². The van der Waals surface area contributed by atoms with Gasteiger partial charge in [0.15, 0.2) is 0 Å². The van der Waals surface area contributed by atoms with Gasteiger partial charge in [-0.1, -0.05) is 6.07 Å². The quantitative estimate of drug-likeness (QED) is 0.661. The molecule has 0 spiro atoms. The molecule has 0 aliphatic carbocycles. The van der Waals surface area contributed by atoms with Gasteiger partial charge in [0, 0.05) is 29.4 Å². The second-order valence-corrected chi connectivity index (χ2v) is 7.34. The molecule has 126 valence electrons. The molecule has 0 fully saturated rings. The maximum atomic E-state index is 11.9. The highest BCUT2D eigenvalue weighted by Gasteiger charge is 2.11. The Morgan fingerprint density at radius 2 is 2.00 bits per heavy atom. The van der Waals surface area contributed by atoms with E-state index in [1.54, 1.807) is 17.4 Å². The van der Waals surface area contributed by atoms with Crippen LogP contribution >= 0.6 is 11.3 Å². The zero-order chi connectivity index (χ0) is 17.3. The molecule has 24 heavy (non-hydrogen) atoms. The first-order valence-corrected chi connectivity index (χ1v) is 8.93. The van der Waals surface area contributed by atoms with Crippen LogP contribution in [0.3, 0.4) is 0 Å². The first-order chi connectivity index (χ1) is 11.4. The van der Waals surface area contributed by atoms with E-state index < -0.39 is 0 Å². The first kappa shape index (κ1) is 16.9. The minimum absolute atomic E-state index is 0.281. The van der Waals surface area contributed by atoms with Crippen molar-refractivity contribution in [3.63, 3.8) is 0 Å². The SMILES string of the molecule is Cc1cc(C)c2oc(=O)cc(CN(C)CCc3scnc3C)c2c1. The van der Waals surface area contributed by atoms with Gasteiger partial charge in [-0.25, -0.2) is 9.78 Å².